The lowest BCUT2D eigenvalue weighted by atomic mass is 9.93. The number of rotatable bonds is 5. The van der Waals surface area contributed by atoms with Crippen molar-refractivity contribution in [1.82, 2.24) is 9.80 Å². The minimum Gasteiger partial charge on any atom is -0.496 e. The van der Waals surface area contributed by atoms with Crippen LogP contribution in [0.1, 0.15) is 36.1 Å². The Hall–Kier alpha value is -2.60. The molecule has 2 aromatic carbocycles. The van der Waals surface area contributed by atoms with Crippen molar-refractivity contribution in [2.75, 3.05) is 14.2 Å². The summed E-state index contributed by atoms with van der Waals surface area (Å²) < 4.78 is 6.33. The lowest BCUT2D eigenvalue weighted by Crippen LogP contribution is -2.35. The van der Waals surface area contributed by atoms with E-state index in [2.05, 4.69) is 15.9 Å². The van der Waals surface area contributed by atoms with Gasteiger partial charge in [0.15, 0.2) is 0 Å². The highest BCUT2D eigenvalue weighted by atomic mass is 79.9. The minimum absolute atomic E-state index is 0.0385. The van der Waals surface area contributed by atoms with Crippen molar-refractivity contribution in [3.8, 4) is 5.75 Å². The van der Waals surface area contributed by atoms with E-state index >= 15 is 0 Å². The number of nitrogens with zero attached hydrogens (tertiary/aromatic N) is 2. The molecule has 0 saturated heterocycles. The van der Waals surface area contributed by atoms with Gasteiger partial charge in [0, 0.05) is 36.8 Å². The molecule has 6 heteroatoms. The number of fused-ring (bicyclic) bond motifs is 1. The summed E-state index contributed by atoms with van der Waals surface area (Å²) in [5.41, 5.74) is 2.94. The van der Waals surface area contributed by atoms with Gasteiger partial charge in [0.1, 0.15) is 5.75 Å². The van der Waals surface area contributed by atoms with Crippen molar-refractivity contribution in [3.05, 3.63) is 69.8 Å². The molecule has 28 heavy (non-hydrogen) atoms. The van der Waals surface area contributed by atoms with Gasteiger partial charge < -0.3 is 14.5 Å². The van der Waals surface area contributed by atoms with Crippen LogP contribution < -0.4 is 4.74 Å². The summed E-state index contributed by atoms with van der Waals surface area (Å²) >= 11 is 3.46. The van der Waals surface area contributed by atoms with E-state index in [1.54, 1.807) is 30.2 Å². The molecule has 0 spiro atoms. The maximum Gasteiger partial charge on any atom is 0.225 e. The van der Waals surface area contributed by atoms with E-state index in [1.807, 2.05) is 48.5 Å². The van der Waals surface area contributed by atoms with Crippen LogP contribution in [-0.2, 0) is 16.1 Å². The molecule has 1 unspecified atom stereocenters. The Morgan fingerprint density at radius 3 is 2.68 bits per heavy atom. The molecule has 0 bridgehead atoms. The Balaban J connectivity index is 1.80. The van der Waals surface area contributed by atoms with E-state index in [0.717, 1.165) is 26.9 Å². The van der Waals surface area contributed by atoms with Gasteiger partial charge in [0.25, 0.3) is 0 Å². The van der Waals surface area contributed by atoms with E-state index in [9.17, 15) is 9.59 Å². The third-order valence-corrected chi connectivity index (χ3v) is 5.41. The second-order valence-electron chi connectivity index (χ2n) is 6.80. The van der Waals surface area contributed by atoms with Crippen LogP contribution in [0.3, 0.4) is 0 Å². The summed E-state index contributed by atoms with van der Waals surface area (Å²) in [5, 5.41) is 0. The number of benzene rings is 2. The number of hydrogen-bond donors (Lipinski definition) is 0. The van der Waals surface area contributed by atoms with Gasteiger partial charge in [0.2, 0.25) is 11.8 Å². The Labute approximate surface area is 173 Å². The summed E-state index contributed by atoms with van der Waals surface area (Å²) in [6.45, 7) is 1.94. The lowest BCUT2D eigenvalue weighted by Gasteiger charge is -2.33. The highest BCUT2D eigenvalue weighted by Crippen LogP contribution is 2.33. The Morgan fingerprint density at radius 1 is 1.21 bits per heavy atom. The van der Waals surface area contributed by atoms with E-state index in [4.69, 9.17) is 4.74 Å². The zero-order chi connectivity index (χ0) is 20.3. The van der Waals surface area contributed by atoms with Crippen LogP contribution in [0.4, 0.5) is 0 Å². The van der Waals surface area contributed by atoms with Crippen molar-refractivity contribution in [3.63, 3.8) is 0 Å². The fraction of sp³-hybridized carbons (Fsp3) is 0.273. The smallest absolute Gasteiger partial charge is 0.225 e. The SMILES string of the molecule is COc1ccc(Br)cc1CN(C)C(=O)CC1c2ccccc2C=CN1C(C)=O. The van der Waals surface area contributed by atoms with E-state index in [1.165, 1.54) is 6.92 Å². The molecular weight excluding hydrogens is 420 g/mol. The second kappa shape index (κ2) is 8.61. The van der Waals surface area contributed by atoms with Crippen molar-refractivity contribution >= 4 is 33.8 Å². The molecule has 2 aromatic rings. The summed E-state index contributed by atoms with van der Waals surface area (Å²) in [4.78, 5) is 28.4. The number of halogens is 1. The number of carbonyl (C=O) groups excluding carboxylic acids is 2. The Kier molecular flexibility index (Phi) is 6.19. The third-order valence-electron chi connectivity index (χ3n) is 4.91. The van der Waals surface area contributed by atoms with Crippen LogP contribution >= 0.6 is 15.9 Å². The van der Waals surface area contributed by atoms with Gasteiger partial charge in [0.05, 0.1) is 19.6 Å². The van der Waals surface area contributed by atoms with Gasteiger partial charge in [-0.25, -0.2) is 0 Å². The molecule has 5 nitrogen and oxygen atoms in total. The van der Waals surface area contributed by atoms with Crippen LogP contribution in [0, 0.1) is 0 Å². The average molecular weight is 443 g/mol. The van der Waals surface area contributed by atoms with Gasteiger partial charge in [-0.15, -0.1) is 0 Å². The molecule has 0 saturated carbocycles. The van der Waals surface area contributed by atoms with E-state index < -0.39 is 0 Å². The van der Waals surface area contributed by atoms with Crippen molar-refractivity contribution in [2.24, 2.45) is 0 Å². The fourth-order valence-corrected chi connectivity index (χ4v) is 3.86. The molecule has 0 N–H and O–H groups in total. The van der Waals surface area contributed by atoms with Crippen molar-refractivity contribution < 1.29 is 14.3 Å². The summed E-state index contributed by atoms with van der Waals surface area (Å²) in [6.07, 6.45) is 3.89. The predicted octanol–water partition coefficient (Wildman–Crippen LogP) is 4.38. The molecule has 1 aliphatic heterocycles. The van der Waals surface area contributed by atoms with Gasteiger partial charge >= 0.3 is 0 Å². The molecule has 1 atom stereocenters. The normalized spacial score (nSPS) is 15.1. The average Bonchev–Trinajstić information content (AvgIpc) is 2.68. The van der Waals surface area contributed by atoms with Gasteiger partial charge in [-0.3, -0.25) is 9.59 Å². The number of amides is 2. The number of ether oxygens (including phenoxy) is 1. The maximum absolute atomic E-state index is 13.0. The topological polar surface area (TPSA) is 49.9 Å². The van der Waals surface area contributed by atoms with Gasteiger partial charge in [-0.1, -0.05) is 40.2 Å². The fourth-order valence-electron chi connectivity index (χ4n) is 3.45. The van der Waals surface area contributed by atoms with Crippen LogP contribution in [0.5, 0.6) is 5.75 Å². The lowest BCUT2D eigenvalue weighted by molar-refractivity contribution is -0.134. The molecule has 3 rings (SSSR count). The first kappa shape index (κ1) is 20.1. The van der Waals surface area contributed by atoms with Crippen LogP contribution in [0.25, 0.3) is 6.08 Å². The van der Waals surface area contributed by atoms with E-state index in [-0.39, 0.29) is 24.3 Å². The predicted molar refractivity (Wildman–Crippen MR) is 113 cm³/mol. The molecule has 1 aliphatic rings. The first-order valence-electron chi connectivity index (χ1n) is 9.03. The largest absolute Gasteiger partial charge is 0.496 e. The molecule has 0 aromatic heterocycles. The molecule has 0 fully saturated rings. The molecular formula is C22H23BrN2O3. The first-order chi connectivity index (χ1) is 13.4. The number of methoxy groups -OCH3 is 1. The standard InChI is InChI=1S/C22H23BrN2O3/c1-15(26)25-11-10-16-6-4-5-7-19(16)20(25)13-22(27)24(2)14-17-12-18(23)8-9-21(17)28-3/h4-12,20H,13-14H2,1-3H3. The quantitative estimate of drug-likeness (QED) is 0.689. The van der Waals surface area contributed by atoms with E-state index in [0.29, 0.717) is 6.54 Å². The second-order valence-corrected chi connectivity index (χ2v) is 7.71. The molecule has 0 radical (unpaired) electrons. The Bertz CT molecular complexity index is 926. The minimum atomic E-state index is -0.307. The molecule has 1 heterocycles. The monoisotopic (exact) mass is 442 g/mol. The van der Waals surface area contributed by atoms with Crippen LogP contribution in [0.15, 0.2) is 53.1 Å². The highest BCUT2D eigenvalue weighted by Gasteiger charge is 2.29. The van der Waals surface area contributed by atoms with Crippen molar-refractivity contribution in [1.29, 1.82) is 0 Å². The molecule has 2 amide bonds. The van der Waals surface area contributed by atoms with Crippen LogP contribution in [0.2, 0.25) is 0 Å². The molecule has 0 aliphatic carbocycles. The number of hydrogen-bond acceptors (Lipinski definition) is 3. The zero-order valence-corrected chi connectivity index (χ0v) is 17.8. The maximum atomic E-state index is 13.0. The number of carbonyl (C=O) groups is 2. The summed E-state index contributed by atoms with van der Waals surface area (Å²) in [5.74, 6) is 0.613. The molecule has 146 valence electrons. The van der Waals surface area contributed by atoms with Gasteiger partial charge in [-0.05, 0) is 35.4 Å². The van der Waals surface area contributed by atoms with Crippen molar-refractivity contribution in [2.45, 2.75) is 25.9 Å². The highest BCUT2D eigenvalue weighted by molar-refractivity contribution is 9.10. The summed E-state index contributed by atoms with van der Waals surface area (Å²) in [6, 6.07) is 13.3. The first-order valence-corrected chi connectivity index (χ1v) is 9.82. The summed E-state index contributed by atoms with van der Waals surface area (Å²) in [7, 11) is 3.38. The van der Waals surface area contributed by atoms with Gasteiger partial charge in [-0.2, -0.15) is 0 Å². The van der Waals surface area contributed by atoms with Crippen LogP contribution in [-0.4, -0.2) is 35.8 Å². The Morgan fingerprint density at radius 2 is 1.96 bits per heavy atom. The third kappa shape index (κ3) is 4.28. The zero-order valence-electron chi connectivity index (χ0n) is 16.2.